The van der Waals surface area contributed by atoms with E-state index in [1.54, 1.807) is 26.1 Å². The minimum absolute atomic E-state index is 0.309. The van der Waals surface area contributed by atoms with Crippen LogP contribution in [0, 0.1) is 0 Å². The molecule has 0 spiro atoms. The van der Waals surface area contributed by atoms with Gasteiger partial charge in [-0.1, -0.05) is 6.07 Å². The fraction of sp³-hybridized carbons (Fsp3) is 0.350. The topological polar surface area (TPSA) is 57.7 Å². The molecule has 0 fully saturated rings. The maximum atomic E-state index is 13.2. The van der Waals surface area contributed by atoms with Gasteiger partial charge in [0.25, 0.3) is 0 Å². The van der Waals surface area contributed by atoms with Crippen LogP contribution in [0.4, 0.5) is 0 Å². The van der Waals surface area contributed by atoms with E-state index in [1.165, 1.54) is 0 Å². The van der Waals surface area contributed by atoms with Gasteiger partial charge in [-0.3, -0.25) is 9.55 Å². The van der Waals surface area contributed by atoms with E-state index >= 15 is 0 Å². The third-order valence-corrected chi connectivity index (χ3v) is 6.11. The van der Waals surface area contributed by atoms with Crippen LogP contribution in [0.5, 0.6) is 5.75 Å². The Bertz CT molecular complexity index is 851. The second kappa shape index (κ2) is 7.36. The molecule has 138 valence electrons. The number of ether oxygens (including phenoxy) is 1. The highest BCUT2D eigenvalue weighted by atomic mass is 31.2. The molecule has 0 unspecified atom stereocenters. The number of benzene rings is 1. The summed E-state index contributed by atoms with van der Waals surface area (Å²) in [5, 5.41) is 0.526. The van der Waals surface area contributed by atoms with E-state index < -0.39 is 13.2 Å². The molecule has 5 nitrogen and oxygen atoms in total. The van der Waals surface area contributed by atoms with Gasteiger partial charge < -0.3 is 13.8 Å². The molecule has 0 radical (unpaired) electrons. The number of hydrogen-bond donors (Lipinski definition) is 0. The predicted molar refractivity (Wildman–Crippen MR) is 103 cm³/mol. The first-order valence-corrected chi connectivity index (χ1v) is 10.3. The van der Waals surface area contributed by atoms with E-state index in [0.29, 0.717) is 18.5 Å². The van der Waals surface area contributed by atoms with E-state index in [9.17, 15) is 4.57 Å². The summed E-state index contributed by atoms with van der Waals surface area (Å²) in [6.45, 7) is 8.23. The second-order valence-corrected chi connectivity index (χ2v) is 8.55. The molecular weight excluding hydrogens is 349 g/mol. The summed E-state index contributed by atoms with van der Waals surface area (Å²) in [6.07, 6.45) is 5.61. The van der Waals surface area contributed by atoms with Crippen LogP contribution in [0.3, 0.4) is 0 Å². The molecule has 26 heavy (non-hydrogen) atoms. The van der Waals surface area contributed by atoms with Crippen LogP contribution in [0.1, 0.15) is 38.8 Å². The van der Waals surface area contributed by atoms with Gasteiger partial charge in [0, 0.05) is 23.5 Å². The molecule has 2 aromatic rings. The summed E-state index contributed by atoms with van der Waals surface area (Å²) < 4.78 is 30.2. The van der Waals surface area contributed by atoms with Crippen molar-refractivity contribution in [2.45, 2.75) is 33.3 Å². The average Bonchev–Trinajstić information content (AvgIpc) is 2.61. The lowest BCUT2D eigenvalue weighted by atomic mass is 9.91. The maximum absolute atomic E-state index is 13.2. The Morgan fingerprint density at radius 2 is 1.88 bits per heavy atom. The number of pyridine rings is 1. The van der Waals surface area contributed by atoms with E-state index in [2.05, 4.69) is 11.1 Å². The van der Waals surface area contributed by atoms with Crippen molar-refractivity contribution in [3.05, 3.63) is 59.9 Å². The van der Waals surface area contributed by atoms with Crippen LogP contribution < -0.4 is 10.0 Å². The summed E-state index contributed by atoms with van der Waals surface area (Å²) in [5.41, 5.74) is 2.37. The highest BCUT2D eigenvalue weighted by molar-refractivity contribution is 7.62. The number of aromatic nitrogens is 1. The number of rotatable bonds is 6. The molecule has 2 heterocycles. The van der Waals surface area contributed by atoms with E-state index in [-0.39, 0.29) is 0 Å². The molecule has 6 heteroatoms. The molecule has 1 aliphatic rings. The van der Waals surface area contributed by atoms with Gasteiger partial charge in [-0.05, 0) is 63.6 Å². The van der Waals surface area contributed by atoms with Crippen molar-refractivity contribution < 1.29 is 18.3 Å². The lowest BCUT2D eigenvalue weighted by molar-refractivity contribution is 0.158. The zero-order valence-corrected chi connectivity index (χ0v) is 16.5. The highest BCUT2D eigenvalue weighted by Gasteiger charge is 2.32. The van der Waals surface area contributed by atoms with Gasteiger partial charge in [-0.2, -0.15) is 0 Å². The molecular formula is C20H24NO4P. The Morgan fingerprint density at radius 1 is 1.15 bits per heavy atom. The van der Waals surface area contributed by atoms with Crippen LogP contribution in [-0.2, 0) is 13.6 Å². The summed E-state index contributed by atoms with van der Waals surface area (Å²) in [5.74, 6) is 0.736. The smallest absolute Gasteiger partial charge is 0.361 e. The van der Waals surface area contributed by atoms with Crippen LogP contribution in [-0.4, -0.2) is 23.8 Å². The minimum Gasteiger partial charge on any atom is -0.483 e. The fourth-order valence-corrected chi connectivity index (χ4v) is 4.61. The highest BCUT2D eigenvalue weighted by Crippen LogP contribution is 2.49. The first-order chi connectivity index (χ1) is 12.4. The summed E-state index contributed by atoms with van der Waals surface area (Å²) in [6, 6.07) is 9.33. The monoisotopic (exact) mass is 373 g/mol. The maximum Gasteiger partial charge on any atom is 0.361 e. The van der Waals surface area contributed by atoms with Gasteiger partial charge in [0.2, 0.25) is 0 Å². The van der Waals surface area contributed by atoms with E-state index in [1.807, 2.05) is 44.3 Å². The van der Waals surface area contributed by atoms with Crippen molar-refractivity contribution in [3.63, 3.8) is 0 Å². The molecule has 1 aromatic carbocycles. The summed E-state index contributed by atoms with van der Waals surface area (Å²) in [7, 11) is -3.37. The zero-order chi connectivity index (χ0) is 18.8. The van der Waals surface area contributed by atoms with Gasteiger partial charge >= 0.3 is 7.60 Å². The van der Waals surface area contributed by atoms with Gasteiger partial charge in [0.15, 0.2) is 0 Å². The average molecular weight is 373 g/mol. The van der Waals surface area contributed by atoms with Crippen molar-refractivity contribution in [3.8, 4) is 5.75 Å². The second-order valence-electron chi connectivity index (χ2n) is 6.52. The van der Waals surface area contributed by atoms with Crippen LogP contribution in [0.2, 0.25) is 0 Å². The van der Waals surface area contributed by atoms with Crippen molar-refractivity contribution in [2.75, 3.05) is 13.2 Å². The molecule has 3 rings (SSSR count). The molecule has 0 saturated carbocycles. The SMILES string of the molecule is CCOP(=O)(OCC)c1ccc2c(c1)C(c1cccnc1)=CC(C)(C)O2. The molecule has 0 saturated heterocycles. The predicted octanol–water partition coefficient (Wildman–Crippen LogP) is 4.58. The van der Waals surface area contributed by atoms with Crippen molar-refractivity contribution >= 4 is 18.5 Å². The molecule has 0 atom stereocenters. The molecule has 0 bridgehead atoms. The Morgan fingerprint density at radius 3 is 2.50 bits per heavy atom. The summed E-state index contributed by atoms with van der Waals surface area (Å²) >= 11 is 0. The van der Waals surface area contributed by atoms with Crippen LogP contribution >= 0.6 is 7.60 Å². The first-order valence-electron chi connectivity index (χ1n) is 8.75. The molecule has 0 aliphatic carbocycles. The molecule has 0 amide bonds. The molecule has 1 aromatic heterocycles. The minimum atomic E-state index is -3.37. The van der Waals surface area contributed by atoms with Gasteiger partial charge in [-0.15, -0.1) is 0 Å². The van der Waals surface area contributed by atoms with Crippen molar-refractivity contribution in [1.82, 2.24) is 4.98 Å². The third-order valence-electron chi connectivity index (χ3n) is 4.01. The Kier molecular flexibility index (Phi) is 5.33. The van der Waals surface area contributed by atoms with Crippen LogP contribution in [0.15, 0.2) is 48.8 Å². The van der Waals surface area contributed by atoms with Gasteiger partial charge in [0.05, 0.1) is 18.5 Å². The lowest BCUT2D eigenvalue weighted by Crippen LogP contribution is -2.29. The van der Waals surface area contributed by atoms with E-state index in [4.69, 9.17) is 13.8 Å². The first kappa shape index (κ1) is 18.8. The standard InChI is InChI=1S/C20H24NO4P/c1-5-23-26(22,24-6-2)16-9-10-19-17(12-16)18(13-20(3,4)25-19)15-8-7-11-21-14-15/h7-14H,5-6H2,1-4H3. The molecule has 1 aliphatic heterocycles. The Hall–Kier alpha value is -1.94. The molecule has 0 N–H and O–H groups in total. The van der Waals surface area contributed by atoms with E-state index in [0.717, 1.165) is 22.4 Å². The number of hydrogen-bond acceptors (Lipinski definition) is 5. The Labute approximate surface area is 154 Å². The normalized spacial score (nSPS) is 15.8. The third kappa shape index (κ3) is 3.75. The number of fused-ring (bicyclic) bond motifs is 1. The lowest BCUT2D eigenvalue weighted by Gasteiger charge is -2.32. The number of nitrogens with zero attached hydrogens (tertiary/aromatic N) is 1. The largest absolute Gasteiger partial charge is 0.483 e. The quantitative estimate of drug-likeness (QED) is 0.694. The van der Waals surface area contributed by atoms with Crippen molar-refractivity contribution in [1.29, 1.82) is 0 Å². The summed E-state index contributed by atoms with van der Waals surface area (Å²) in [4.78, 5) is 4.22. The van der Waals surface area contributed by atoms with Crippen molar-refractivity contribution in [2.24, 2.45) is 0 Å². The zero-order valence-electron chi connectivity index (χ0n) is 15.6. The van der Waals surface area contributed by atoms with Crippen LogP contribution in [0.25, 0.3) is 5.57 Å². The Balaban J connectivity index is 2.14. The van der Waals surface area contributed by atoms with Gasteiger partial charge in [-0.25, -0.2) is 0 Å². The fourth-order valence-electron chi connectivity index (χ4n) is 3.01. The van der Waals surface area contributed by atoms with Gasteiger partial charge in [0.1, 0.15) is 11.4 Å².